The second-order valence-corrected chi connectivity index (χ2v) is 5.88. The molecule has 0 saturated carbocycles. The van der Waals surface area contributed by atoms with Gasteiger partial charge in [-0.25, -0.2) is 4.79 Å². The summed E-state index contributed by atoms with van der Waals surface area (Å²) in [4.78, 5) is 25.5. The molecule has 2 rings (SSSR count). The second-order valence-electron chi connectivity index (χ2n) is 5.88. The number of ether oxygens (including phenoxy) is 3. The number of amides is 2. The molecule has 1 aromatic rings. The average molecular weight is 362 g/mol. The molecule has 0 aliphatic carbocycles. The molecule has 1 saturated heterocycles. The molecule has 1 N–H and O–H groups in total. The van der Waals surface area contributed by atoms with Gasteiger partial charge in [-0.15, -0.1) is 0 Å². The summed E-state index contributed by atoms with van der Waals surface area (Å²) in [5, 5.41) is 2.80. The summed E-state index contributed by atoms with van der Waals surface area (Å²) in [6.07, 6.45) is 2.45. The van der Waals surface area contributed by atoms with Crippen LogP contribution in [0, 0.1) is 0 Å². The van der Waals surface area contributed by atoms with Crippen LogP contribution in [0.1, 0.15) is 19.8 Å². The summed E-state index contributed by atoms with van der Waals surface area (Å²) in [5.74, 6) is 1.34. The largest absolute Gasteiger partial charge is 0.494 e. The van der Waals surface area contributed by atoms with Crippen molar-refractivity contribution in [2.24, 2.45) is 0 Å². The Balaban J connectivity index is 1.69. The standard InChI is InChI=1S/C19H26N2O5/c1-3-13-25-19(23)20-15-9-11-21(12-10-15)18(22)14-26-17-7-5-16(6-8-17)24-4-2/h3,5-8,15H,1,4,9-14H2,2H3,(H,20,23). The first-order valence-corrected chi connectivity index (χ1v) is 8.80. The van der Waals surface area contributed by atoms with Crippen LogP contribution in [0.2, 0.25) is 0 Å². The van der Waals surface area contributed by atoms with Gasteiger partial charge in [0.15, 0.2) is 6.61 Å². The second kappa shape index (κ2) is 10.3. The zero-order valence-electron chi connectivity index (χ0n) is 15.1. The van der Waals surface area contributed by atoms with Crippen molar-refractivity contribution >= 4 is 12.0 Å². The minimum absolute atomic E-state index is 0.00649. The Labute approximate surface area is 153 Å². The van der Waals surface area contributed by atoms with Crippen molar-refractivity contribution in [3.63, 3.8) is 0 Å². The lowest BCUT2D eigenvalue weighted by molar-refractivity contribution is -0.134. The third-order valence-electron chi connectivity index (χ3n) is 4.00. The summed E-state index contributed by atoms with van der Waals surface area (Å²) < 4.78 is 15.8. The average Bonchev–Trinajstić information content (AvgIpc) is 2.66. The Kier molecular flexibility index (Phi) is 7.79. The van der Waals surface area contributed by atoms with E-state index >= 15 is 0 Å². The highest BCUT2D eigenvalue weighted by Gasteiger charge is 2.24. The molecular weight excluding hydrogens is 336 g/mol. The first kappa shape index (κ1) is 19.6. The number of nitrogens with one attached hydrogen (secondary N) is 1. The zero-order valence-corrected chi connectivity index (χ0v) is 15.1. The SMILES string of the molecule is C=CCOC(=O)NC1CCN(C(=O)COc2ccc(OCC)cc2)CC1. The summed E-state index contributed by atoms with van der Waals surface area (Å²) in [7, 11) is 0. The van der Waals surface area contributed by atoms with Gasteiger partial charge in [-0.1, -0.05) is 12.7 Å². The summed E-state index contributed by atoms with van der Waals surface area (Å²) in [6, 6.07) is 7.20. The van der Waals surface area contributed by atoms with E-state index in [0.29, 0.717) is 38.3 Å². The number of benzene rings is 1. The molecule has 26 heavy (non-hydrogen) atoms. The monoisotopic (exact) mass is 362 g/mol. The molecule has 0 unspecified atom stereocenters. The van der Waals surface area contributed by atoms with Crippen molar-refractivity contribution in [3.8, 4) is 11.5 Å². The zero-order chi connectivity index (χ0) is 18.8. The number of likely N-dealkylation sites (tertiary alicyclic amines) is 1. The van der Waals surface area contributed by atoms with E-state index in [1.165, 1.54) is 6.08 Å². The number of nitrogens with zero attached hydrogens (tertiary/aromatic N) is 1. The molecule has 1 fully saturated rings. The molecule has 1 aliphatic heterocycles. The molecular formula is C19H26N2O5. The summed E-state index contributed by atoms with van der Waals surface area (Å²) >= 11 is 0. The van der Waals surface area contributed by atoms with Crippen LogP contribution in [0.4, 0.5) is 4.79 Å². The highest BCUT2D eigenvalue weighted by molar-refractivity contribution is 5.78. The predicted molar refractivity (Wildman–Crippen MR) is 97.4 cm³/mol. The van der Waals surface area contributed by atoms with E-state index in [2.05, 4.69) is 11.9 Å². The first-order valence-electron chi connectivity index (χ1n) is 8.80. The minimum Gasteiger partial charge on any atom is -0.494 e. The van der Waals surface area contributed by atoms with Crippen molar-refractivity contribution in [2.45, 2.75) is 25.8 Å². The molecule has 7 heteroatoms. The number of carbonyl (C=O) groups is 2. The molecule has 7 nitrogen and oxygen atoms in total. The number of alkyl carbamates (subject to hydrolysis) is 1. The first-order chi connectivity index (χ1) is 12.6. The lowest BCUT2D eigenvalue weighted by Crippen LogP contribution is -2.47. The van der Waals surface area contributed by atoms with Crippen LogP contribution in [0.25, 0.3) is 0 Å². The van der Waals surface area contributed by atoms with Crippen LogP contribution in [0.15, 0.2) is 36.9 Å². The smallest absolute Gasteiger partial charge is 0.407 e. The fourth-order valence-corrected chi connectivity index (χ4v) is 2.65. The molecule has 0 radical (unpaired) electrons. The third-order valence-corrected chi connectivity index (χ3v) is 4.00. The molecule has 0 aromatic heterocycles. The van der Waals surface area contributed by atoms with Gasteiger partial charge in [0.25, 0.3) is 5.91 Å². The number of hydrogen-bond acceptors (Lipinski definition) is 5. The lowest BCUT2D eigenvalue weighted by Gasteiger charge is -2.32. The fraction of sp³-hybridized carbons (Fsp3) is 0.474. The molecule has 2 amide bonds. The van der Waals surface area contributed by atoms with Crippen molar-refractivity contribution in [1.29, 1.82) is 0 Å². The topological polar surface area (TPSA) is 77.1 Å². The Morgan fingerprint density at radius 3 is 2.38 bits per heavy atom. The van der Waals surface area contributed by atoms with Crippen LogP contribution in [-0.2, 0) is 9.53 Å². The third kappa shape index (κ3) is 6.31. The van der Waals surface area contributed by atoms with E-state index in [-0.39, 0.29) is 25.2 Å². The van der Waals surface area contributed by atoms with Crippen molar-refractivity contribution in [2.75, 3.05) is 32.9 Å². The van der Waals surface area contributed by atoms with Crippen LogP contribution >= 0.6 is 0 Å². The number of piperidine rings is 1. The van der Waals surface area contributed by atoms with Crippen LogP contribution in [0.5, 0.6) is 11.5 Å². The maximum absolute atomic E-state index is 12.3. The van der Waals surface area contributed by atoms with Gasteiger partial charge < -0.3 is 24.4 Å². The van der Waals surface area contributed by atoms with Gasteiger partial charge in [0.1, 0.15) is 18.1 Å². The predicted octanol–water partition coefficient (Wildman–Crippen LogP) is 2.37. The maximum atomic E-state index is 12.3. The molecule has 0 bridgehead atoms. The van der Waals surface area contributed by atoms with Gasteiger partial charge in [-0.3, -0.25) is 4.79 Å². The molecule has 0 spiro atoms. The molecule has 1 heterocycles. The van der Waals surface area contributed by atoms with E-state index in [9.17, 15) is 9.59 Å². The van der Waals surface area contributed by atoms with Gasteiger partial charge in [0, 0.05) is 19.1 Å². The van der Waals surface area contributed by atoms with Crippen LogP contribution in [0.3, 0.4) is 0 Å². The van der Waals surface area contributed by atoms with E-state index in [4.69, 9.17) is 14.2 Å². The van der Waals surface area contributed by atoms with Gasteiger partial charge in [-0.05, 0) is 44.0 Å². The minimum atomic E-state index is -0.450. The van der Waals surface area contributed by atoms with Crippen molar-refractivity contribution in [3.05, 3.63) is 36.9 Å². The molecule has 1 aromatic carbocycles. The Morgan fingerprint density at radius 2 is 1.81 bits per heavy atom. The maximum Gasteiger partial charge on any atom is 0.407 e. The van der Waals surface area contributed by atoms with E-state index in [1.807, 2.05) is 19.1 Å². The highest BCUT2D eigenvalue weighted by Crippen LogP contribution is 2.18. The summed E-state index contributed by atoms with van der Waals surface area (Å²) in [6.45, 7) is 7.37. The van der Waals surface area contributed by atoms with E-state index < -0.39 is 6.09 Å². The van der Waals surface area contributed by atoms with E-state index in [1.54, 1.807) is 17.0 Å². The Morgan fingerprint density at radius 1 is 1.19 bits per heavy atom. The number of carbonyl (C=O) groups excluding carboxylic acids is 2. The normalized spacial score (nSPS) is 14.4. The lowest BCUT2D eigenvalue weighted by atomic mass is 10.1. The van der Waals surface area contributed by atoms with Crippen LogP contribution < -0.4 is 14.8 Å². The highest BCUT2D eigenvalue weighted by atomic mass is 16.5. The van der Waals surface area contributed by atoms with E-state index in [0.717, 1.165) is 5.75 Å². The van der Waals surface area contributed by atoms with Crippen molar-refractivity contribution in [1.82, 2.24) is 10.2 Å². The summed E-state index contributed by atoms with van der Waals surface area (Å²) in [5.41, 5.74) is 0. The van der Waals surface area contributed by atoms with Gasteiger partial charge in [-0.2, -0.15) is 0 Å². The molecule has 1 aliphatic rings. The quantitative estimate of drug-likeness (QED) is 0.719. The number of rotatable bonds is 8. The number of hydrogen-bond donors (Lipinski definition) is 1. The molecule has 0 atom stereocenters. The van der Waals surface area contributed by atoms with Gasteiger partial charge >= 0.3 is 6.09 Å². The van der Waals surface area contributed by atoms with Gasteiger partial charge in [0.05, 0.1) is 6.61 Å². The Hall–Kier alpha value is -2.70. The van der Waals surface area contributed by atoms with Gasteiger partial charge in [0.2, 0.25) is 0 Å². The van der Waals surface area contributed by atoms with Crippen molar-refractivity contribution < 1.29 is 23.8 Å². The van der Waals surface area contributed by atoms with Crippen LogP contribution in [-0.4, -0.2) is 55.9 Å². The Bertz CT molecular complexity index is 594. The molecule has 142 valence electrons. The fourth-order valence-electron chi connectivity index (χ4n) is 2.65.